The molecule has 8 heteroatoms. The van der Waals surface area contributed by atoms with E-state index < -0.39 is 11.7 Å². The van der Waals surface area contributed by atoms with Gasteiger partial charge in [-0.05, 0) is 55.5 Å². The molecule has 0 spiro atoms. The van der Waals surface area contributed by atoms with Crippen molar-refractivity contribution in [2.75, 3.05) is 31.1 Å². The molecule has 1 aliphatic heterocycles. The van der Waals surface area contributed by atoms with Crippen LogP contribution in [0.2, 0.25) is 0 Å². The smallest absolute Gasteiger partial charge is 0.410 e. The number of ether oxygens (including phenoxy) is 2. The number of pyridine rings is 1. The van der Waals surface area contributed by atoms with Crippen molar-refractivity contribution in [1.29, 1.82) is 0 Å². The number of amides is 2. The molecule has 0 saturated carbocycles. The quantitative estimate of drug-likeness (QED) is 0.299. The highest BCUT2D eigenvalue weighted by Crippen LogP contribution is 2.32. The van der Waals surface area contributed by atoms with E-state index in [-0.39, 0.29) is 12.7 Å². The van der Waals surface area contributed by atoms with Crippen molar-refractivity contribution in [3.8, 4) is 11.3 Å². The number of nitrogens with zero attached hydrogens (tertiary/aromatic N) is 3. The zero-order valence-corrected chi connectivity index (χ0v) is 23.8. The second kappa shape index (κ2) is 12.3. The van der Waals surface area contributed by atoms with Crippen LogP contribution in [0.25, 0.3) is 22.0 Å². The van der Waals surface area contributed by atoms with Gasteiger partial charge in [0.05, 0.1) is 5.69 Å². The van der Waals surface area contributed by atoms with Crippen LogP contribution in [-0.4, -0.2) is 53.9 Å². The number of hydrogen-bond donors (Lipinski definition) is 1. The van der Waals surface area contributed by atoms with Crippen LogP contribution in [-0.2, 0) is 22.6 Å². The Morgan fingerprint density at radius 1 is 0.902 bits per heavy atom. The van der Waals surface area contributed by atoms with E-state index in [2.05, 4.69) is 28.4 Å². The average molecular weight is 553 g/mol. The van der Waals surface area contributed by atoms with Gasteiger partial charge in [-0.25, -0.2) is 9.59 Å². The zero-order valence-electron chi connectivity index (χ0n) is 23.8. The molecule has 0 atom stereocenters. The van der Waals surface area contributed by atoms with Gasteiger partial charge in [0.25, 0.3) is 0 Å². The number of benzene rings is 3. The zero-order chi connectivity index (χ0) is 28.8. The van der Waals surface area contributed by atoms with E-state index in [0.717, 1.165) is 51.9 Å². The minimum Gasteiger partial charge on any atom is -0.445 e. The van der Waals surface area contributed by atoms with Gasteiger partial charge < -0.3 is 24.6 Å². The van der Waals surface area contributed by atoms with Gasteiger partial charge in [-0.1, -0.05) is 60.7 Å². The van der Waals surface area contributed by atoms with Crippen LogP contribution in [0, 0.1) is 0 Å². The van der Waals surface area contributed by atoms with Gasteiger partial charge in [0.2, 0.25) is 0 Å². The highest BCUT2D eigenvalue weighted by atomic mass is 16.6. The lowest BCUT2D eigenvalue weighted by molar-refractivity contribution is 0.0523. The lowest BCUT2D eigenvalue weighted by Gasteiger charge is -2.35. The summed E-state index contributed by atoms with van der Waals surface area (Å²) in [7, 11) is 0. The largest absolute Gasteiger partial charge is 0.445 e. The molecule has 1 aromatic heterocycles. The van der Waals surface area contributed by atoms with E-state index >= 15 is 0 Å². The number of carbonyl (C=O) groups is 2. The summed E-state index contributed by atoms with van der Waals surface area (Å²) in [5.74, 6) is 0. The first-order chi connectivity index (χ1) is 19.8. The standard InChI is InChI=1S/C33H36N4O4/c1-33(2,3)41-31(38)35-22-26-11-7-8-12-28(26)30-29-14-13-27(21-25(29)15-16-34-30)36-17-19-37(20-18-36)32(39)40-23-24-9-5-4-6-10-24/h4-16,21H,17-20,22-23H2,1-3H3,(H,35,38). The minimum atomic E-state index is -0.559. The Morgan fingerprint density at radius 3 is 2.39 bits per heavy atom. The van der Waals surface area contributed by atoms with Gasteiger partial charge >= 0.3 is 12.2 Å². The number of anilines is 1. The van der Waals surface area contributed by atoms with E-state index in [9.17, 15) is 9.59 Å². The fraction of sp³-hybridized carbons (Fsp3) is 0.303. The Bertz CT molecular complexity index is 1510. The van der Waals surface area contributed by atoms with Crippen molar-refractivity contribution < 1.29 is 19.1 Å². The van der Waals surface area contributed by atoms with Crippen LogP contribution in [0.3, 0.4) is 0 Å². The van der Waals surface area contributed by atoms with Crippen LogP contribution < -0.4 is 10.2 Å². The van der Waals surface area contributed by atoms with Crippen molar-refractivity contribution in [2.45, 2.75) is 39.5 Å². The first kappa shape index (κ1) is 28.0. The van der Waals surface area contributed by atoms with Crippen molar-refractivity contribution in [3.63, 3.8) is 0 Å². The molecule has 5 rings (SSSR count). The average Bonchev–Trinajstić information content (AvgIpc) is 2.98. The molecular formula is C33H36N4O4. The van der Waals surface area contributed by atoms with Crippen molar-refractivity contribution >= 4 is 28.6 Å². The van der Waals surface area contributed by atoms with Crippen LogP contribution in [0.5, 0.6) is 0 Å². The molecule has 1 fully saturated rings. The molecule has 3 aromatic carbocycles. The SMILES string of the molecule is CC(C)(C)OC(=O)NCc1ccccc1-c1nccc2cc(N3CCN(C(=O)OCc4ccccc4)CC3)ccc12. The number of aromatic nitrogens is 1. The van der Waals surface area contributed by atoms with E-state index in [1.807, 2.05) is 87.6 Å². The van der Waals surface area contributed by atoms with Crippen LogP contribution >= 0.6 is 0 Å². The van der Waals surface area contributed by atoms with Crippen molar-refractivity contribution in [3.05, 3.63) is 96.2 Å². The third-order valence-electron chi connectivity index (χ3n) is 6.95. The van der Waals surface area contributed by atoms with Gasteiger partial charge in [-0.3, -0.25) is 4.98 Å². The summed E-state index contributed by atoms with van der Waals surface area (Å²) in [5, 5.41) is 4.97. The summed E-state index contributed by atoms with van der Waals surface area (Å²) < 4.78 is 10.9. The summed E-state index contributed by atoms with van der Waals surface area (Å²) >= 11 is 0. The predicted octanol–water partition coefficient (Wildman–Crippen LogP) is 6.39. The minimum absolute atomic E-state index is 0.275. The van der Waals surface area contributed by atoms with Gasteiger partial charge in [0.15, 0.2) is 0 Å². The van der Waals surface area contributed by atoms with Crippen LogP contribution in [0.4, 0.5) is 15.3 Å². The molecule has 8 nitrogen and oxygen atoms in total. The topological polar surface area (TPSA) is 84.0 Å². The summed E-state index contributed by atoms with van der Waals surface area (Å²) in [6, 6.07) is 26.1. The monoisotopic (exact) mass is 552 g/mol. The van der Waals surface area contributed by atoms with Gasteiger partial charge in [0.1, 0.15) is 12.2 Å². The lowest BCUT2D eigenvalue weighted by atomic mass is 9.99. The molecule has 1 aliphatic rings. The third kappa shape index (κ3) is 7.14. The van der Waals surface area contributed by atoms with Crippen LogP contribution in [0.1, 0.15) is 31.9 Å². The predicted molar refractivity (Wildman–Crippen MR) is 161 cm³/mol. The molecule has 0 radical (unpaired) electrons. The molecule has 212 valence electrons. The summed E-state index contributed by atoms with van der Waals surface area (Å²) in [5.41, 5.74) is 4.30. The lowest BCUT2D eigenvalue weighted by Crippen LogP contribution is -2.48. The van der Waals surface area contributed by atoms with E-state index in [1.54, 1.807) is 4.90 Å². The Morgan fingerprint density at radius 2 is 1.63 bits per heavy atom. The summed E-state index contributed by atoms with van der Waals surface area (Å²) in [6.45, 7) is 8.80. The second-order valence-corrected chi connectivity index (χ2v) is 11.1. The van der Waals surface area contributed by atoms with Crippen molar-refractivity contribution in [1.82, 2.24) is 15.2 Å². The summed E-state index contributed by atoms with van der Waals surface area (Å²) in [6.07, 6.45) is 1.09. The molecule has 2 amide bonds. The number of carbonyl (C=O) groups excluding carboxylic acids is 2. The number of hydrogen-bond acceptors (Lipinski definition) is 6. The summed E-state index contributed by atoms with van der Waals surface area (Å²) in [4.78, 5) is 33.6. The molecule has 1 N–H and O–H groups in total. The molecule has 1 saturated heterocycles. The van der Waals surface area contributed by atoms with Gasteiger partial charge in [-0.15, -0.1) is 0 Å². The number of fused-ring (bicyclic) bond motifs is 1. The number of piperazine rings is 1. The third-order valence-corrected chi connectivity index (χ3v) is 6.95. The Kier molecular flexibility index (Phi) is 8.38. The Labute approximate surface area is 240 Å². The van der Waals surface area contributed by atoms with E-state index in [0.29, 0.717) is 19.6 Å². The highest BCUT2D eigenvalue weighted by molar-refractivity contribution is 5.97. The molecule has 4 aromatic rings. The molecule has 0 bridgehead atoms. The van der Waals surface area contributed by atoms with E-state index in [4.69, 9.17) is 14.5 Å². The highest BCUT2D eigenvalue weighted by Gasteiger charge is 2.23. The normalized spacial score (nSPS) is 13.6. The van der Waals surface area contributed by atoms with Gasteiger partial charge in [0, 0.05) is 55.6 Å². The first-order valence-electron chi connectivity index (χ1n) is 13.9. The second-order valence-electron chi connectivity index (χ2n) is 11.1. The molecule has 41 heavy (non-hydrogen) atoms. The molecule has 0 aliphatic carbocycles. The Hall–Kier alpha value is -4.59. The number of alkyl carbamates (subject to hydrolysis) is 1. The Balaban J connectivity index is 1.25. The van der Waals surface area contributed by atoms with Crippen LogP contribution in [0.15, 0.2) is 85.1 Å². The number of rotatable bonds is 6. The first-order valence-corrected chi connectivity index (χ1v) is 13.9. The molecule has 0 unspecified atom stereocenters. The number of nitrogens with one attached hydrogen (secondary N) is 1. The maximum Gasteiger partial charge on any atom is 0.410 e. The molecular weight excluding hydrogens is 516 g/mol. The fourth-order valence-electron chi connectivity index (χ4n) is 4.92. The fourth-order valence-corrected chi connectivity index (χ4v) is 4.92. The maximum atomic E-state index is 12.6. The maximum absolute atomic E-state index is 12.6. The van der Waals surface area contributed by atoms with Gasteiger partial charge in [-0.2, -0.15) is 0 Å². The molecule has 2 heterocycles. The van der Waals surface area contributed by atoms with E-state index in [1.165, 1.54) is 0 Å². The van der Waals surface area contributed by atoms with Crippen molar-refractivity contribution in [2.24, 2.45) is 0 Å².